The van der Waals surface area contributed by atoms with E-state index in [1.807, 2.05) is 48.9 Å². The summed E-state index contributed by atoms with van der Waals surface area (Å²) >= 11 is 11.9. The summed E-state index contributed by atoms with van der Waals surface area (Å²) in [6, 6.07) is 14.9. The number of carbonyl (C=O) groups is 1. The van der Waals surface area contributed by atoms with Crippen LogP contribution in [0.15, 0.2) is 54.6 Å². The van der Waals surface area contributed by atoms with Crippen LogP contribution in [0.4, 0.5) is 0 Å². The Morgan fingerprint density at radius 3 is 2.59 bits per heavy atom. The Morgan fingerprint density at radius 2 is 1.89 bits per heavy atom. The molecule has 27 heavy (non-hydrogen) atoms. The Kier molecular flexibility index (Phi) is 5.99. The van der Waals surface area contributed by atoms with E-state index < -0.39 is 5.97 Å². The van der Waals surface area contributed by atoms with Gasteiger partial charge in [0.15, 0.2) is 0 Å². The molecule has 1 heterocycles. The summed E-state index contributed by atoms with van der Waals surface area (Å²) in [5.74, 6) is -0.452. The third kappa shape index (κ3) is 4.59. The third-order valence-corrected chi connectivity index (χ3v) is 4.71. The van der Waals surface area contributed by atoms with Crippen molar-refractivity contribution in [2.45, 2.75) is 20.5 Å². The third-order valence-electron chi connectivity index (χ3n) is 4.12. The maximum absolute atomic E-state index is 12.1. The van der Waals surface area contributed by atoms with Crippen molar-refractivity contribution in [1.29, 1.82) is 0 Å². The molecule has 0 unspecified atom stereocenters. The number of hydrogen-bond acceptors (Lipinski definition) is 3. The summed E-state index contributed by atoms with van der Waals surface area (Å²) in [5, 5.41) is 5.56. The van der Waals surface area contributed by atoms with Crippen LogP contribution in [-0.4, -0.2) is 15.7 Å². The molecule has 0 saturated carbocycles. The molecule has 0 bridgehead atoms. The van der Waals surface area contributed by atoms with E-state index in [0.717, 1.165) is 22.6 Å². The second kappa shape index (κ2) is 8.42. The normalized spacial score (nSPS) is 11.1. The van der Waals surface area contributed by atoms with Crippen molar-refractivity contribution >= 4 is 35.2 Å². The quantitative estimate of drug-likeness (QED) is 0.416. The lowest BCUT2D eigenvalue weighted by Gasteiger charge is -2.05. The van der Waals surface area contributed by atoms with E-state index in [1.54, 1.807) is 24.3 Å². The summed E-state index contributed by atoms with van der Waals surface area (Å²) in [5.41, 5.74) is 4.34. The zero-order valence-electron chi connectivity index (χ0n) is 14.9. The molecule has 0 atom stereocenters. The highest BCUT2D eigenvalue weighted by atomic mass is 35.5. The number of halogens is 2. The van der Waals surface area contributed by atoms with Gasteiger partial charge in [0.25, 0.3) is 0 Å². The van der Waals surface area contributed by atoms with Gasteiger partial charge in [0.1, 0.15) is 6.61 Å². The van der Waals surface area contributed by atoms with Gasteiger partial charge in [0.2, 0.25) is 0 Å². The smallest absolute Gasteiger partial charge is 0.331 e. The SMILES string of the molecule is Cc1nn(-c2ccccc2)c(C)c1/C=C/C(=O)OCc1ccc(Cl)cc1Cl. The van der Waals surface area contributed by atoms with Crippen LogP contribution < -0.4 is 0 Å². The number of carbonyl (C=O) groups excluding carboxylic acids is 1. The van der Waals surface area contributed by atoms with Gasteiger partial charge in [-0.2, -0.15) is 5.10 Å². The molecule has 0 N–H and O–H groups in total. The Morgan fingerprint density at radius 1 is 1.15 bits per heavy atom. The van der Waals surface area contributed by atoms with Crippen molar-refractivity contribution < 1.29 is 9.53 Å². The monoisotopic (exact) mass is 400 g/mol. The summed E-state index contributed by atoms with van der Waals surface area (Å²) in [4.78, 5) is 12.1. The zero-order valence-corrected chi connectivity index (χ0v) is 16.5. The van der Waals surface area contributed by atoms with E-state index in [-0.39, 0.29) is 6.61 Å². The lowest BCUT2D eigenvalue weighted by atomic mass is 10.2. The number of para-hydroxylation sites is 1. The molecular formula is C21H18Cl2N2O2. The second-order valence-corrected chi connectivity index (χ2v) is 6.85. The van der Waals surface area contributed by atoms with E-state index in [0.29, 0.717) is 15.6 Å². The number of ether oxygens (including phenoxy) is 1. The van der Waals surface area contributed by atoms with Crippen LogP contribution in [0.1, 0.15) is 22.5 Å². The standard InChI is InChI=1S/C21H18Cl2N2O2/c1-14-19(15(2)25(24-14)18-6-4-3-5-7-18)10-11-21(26)27-13-16-8-9-17(22)12-20(16)23/h3-12H,13H2,1-2H3/b11-10+. The fraction of sp³-hybridized carbons (Fsp3) is 0.143. The van der Waals surface area contributed by atoms with Crippen molar-refractivity contribution in [3.63, 3.8) is 0 Å². The predicted octanol–water partition coefficient (Wildman–Crippen LogP) is 5.55. The van der Waals surface area contributed by atoms with E-state index >= 15 is 0 Å². The molecular weight excluding hydrogens is 383 g/mol. The molecule has 0 radical (unpaired) electrons. The average molecular weight is 401 g/mol. The maximum atomic E-state index is 12.1. The molecule has 6 heteroatoms. The van der Waals surface area contributed by atoms with E-state index in [9.17, 15) is 4.79 Å². The molecule has 0 aliphatic carbocycles. The Labute approximate surface area is 168 Å². The van der Waals surface area contributed by atoms with Crippen molar-refractivity contribution in [2.24, 2.45) is 0 Å². The molecule has 1 aromatic heterocycles. The van der Waals surface area contributed by atoms with Crippen LogP contribution >= 0.6 is 23.2 Å². The van der Waals surface area contributed by atoms with Crippen LogP contribution in [0, 0.1) is 13.8 Å². The Bertz CT molecular complexity index is 995. The number of rotatable bonds is 5. The van der Waals surface area contributed by atoms with Crippen LogP contribution in [-0.2, 0) is 16.1 Å². The van der Waals surface area contributed by atoms with Gasteiger partial charge in [-0.25, -0.2) is 9.48 Å². The highest BCUT2D eigenvalue weighted by Gasteiger charge is 2.11. The minimum absolute atomic E-state index is 0.0837. The molecule has 4 nitrogen and oxygen atoms in total. The highest BCUT2D eigenvalue weighted by Crippen LogP contribution is 2.22. The zero-order chi connectivity index (χ0) is 19.4. The number of aryl methyl sites for hydroxylation is 1. The van der Waals surface area contributed by atoms with Crippen molar-refractivity contribution in [1.82, 2.24) is 9.78 Å². The summed E-state index contributed by atoms with van der Waals surface area (Å²) in [7, 11) is 0. The topological polar surface area (TPSA) is 44.1 Å². The molecule has 138 valence electrons. The number of hydrogen-bond donors (Lipinski definition) is 0. The van der Waals surface area contributed by atoms with Gasteiger partial charge in [0.05, 0.1) is 11.4 Å². The van der Waals surface area contributed by atoms with Crippen LogP contribution in [0.2, 0.25) is 10.0 Å². The maximum Gasteiger partial charge on any atom is 0.331 e. The number of benzene rings is 2. The minimum Gasteiger partial charge on any atom is -0.458 e. The first-order chi connectivity index (χ1) is 13.0. The number of nitrogens with zero attached hydrogens (tertiary/aromatic N) is 2. The molecule has 2 aromatic carbocycles. The van der Waals surface area contributed by atoms with Crippen LogP contribution in [0.3, 0.4) is 0 Å². The predicted molar refractivity (Wildman–Crippen MR) is 108 cm³/mol. The van der Waals surface area contributed by atoms with Gasteiger partial charge in [-0.05, 0) is 44.2 Å². The molecule has 0 fully saturated rings. The van der Waals surface area contributed by atoms with Gasteiger partial charge in [-0.15, -0.1) is 0 Å². The first-order valence-electron chi connectivity index (χ1n) is 8.36. The van der Waals surface area contributed by atoms with Gasteiger partial charge in [-0.3, -0.25) is 0 Å². The fourth-order valence-corrected chi connectivity index (χ4v) is 3.17. The molecule has 3 rings (SSSR count). The largest absolute Gasteiger partial charge is 0.458 e. The van der Waals surface area contributed by atoms with Crippen molar-refractivity contribution in [2.75, 3.05) is 0 Å². The second-order valence-electron chi connectivity index (χ2n) is 6.01. The lowest BCUT2D eigenvalue weighted by Crippen LogP contribution is -2.01. The summed E-state index contributed by atoms with van der Waals surface area (Å²) in [6.07, 6.45) is 3.12. The average Bonchev–Trinajstić information content (AvgIpc) is 2.94. The first kappa shape index (κ1) is 19.2. The summed E-state index contributed by atoms with van der Waals surface area (Å²) < 4.78 is 7.12. The molecule has 3 aromatic rings. The van der Waals surface area contributed by atoms with E-state index in [2.05, 4.69) is 5.10 Å². The molecule has 0 amide bonds. The minimum atomic E-state index is -0.452. The fourth-order valence-electron chi connectivity index (χ4n) is 2.70. The van der Waals surface area contributed by atoms with E-state index in [4.69, 9.17) is 27.9 Å². The van der Waals surface area contributed by atoms with Gasteiger partial charge < -0.3 is 4.74 Å². The lowest BCUT2D eigenvalue weighted by molar-refractivity contribution is -0.138. The number of aromatic nitrogens is 2. The Balaban J connectivity index is 1.70. The molecule has 0 aliphatic rings. The highest BCUT2D eigenvalue weighted by molar-refractivity contribution is 6.35. The molecule has 0 spiro atoms. The van der Waals surface area contributed by atoms with Crippen LogP contribution in [0.5, 0.6) is 0 Å². The summed E-state index contributed by atoms with van der Waals surface area (Å²) in [6.45, 7) is 3.96. The van der Waals surface area contributed by atoms with E-state index in [1.165, 1.54) is 6.08 Å². The molecule has 0 saturated heterocycles. The van der Waals surface area contributed by atoms with Gasteiger partial charge in [-0.1, -0.05) is 47.5 Å². The van der Waals surface area contributed by atoms with Gasteiger partial charge >= 0.3 is 5.97 Å². The van der Waals surface area contributed by atoms with Crippen molar-refractivity contribution in [3.05, 3.63) is 87.2 Å². The van der Waals surface area contributed by atoms with Crippen molar-refractivity contribution in [3.8, 4) is 5.69 Å². The Hall–Kier alpha value is -2.56. The first-order valence-corrected chi connectivity index (χ1v) is 9.11. The molecule has 0 aliphatic heterocycles. The van der Waals surface area contributed by atoms with Gasteiger partial charge in [0, 0.05) is 32.9 Å². The number of esters is 1. The van der Waals surface area contributed by atoms with Crippen LogP contribution in [0.25, 0.3) is 11.8 Å².